The summed E-state index contributed by atoms with van der Waals surface area (Å²) in [6, 6.07) is 0. The molecule has 2 rings (SSSR count). The number of nitrogens with zero attached hydrogens (tertiary/aromatic N) is 2. The Bertz CT molecular complexity index is 493. The van der Waals surface area contributed by atoms with E-state index in [1.165, 1.54) is 11.3 Å². The number of hydrogen-bond acceptors (Lipinski definition) is 5. The third-order valence-corrected chi connectivity index (χ3v) is 3.25. The number of nitrogens with two attached hydrogens (primary N) is 1. The second kappa shape index (κ2) is 6.27. The molecule has 0 aliphatic rings. The molecule has 2 heterocycles. The first-order chi connectivity index (χ1) is 8.79. The lowest BCUT2D eigenvalue weighted by molar-refractivity contribution is 0.0949. The number of imidazole rings is 1. The van der Waals surface area contributed by atoms with Crippen LogP contribution >= 0.6 is 11.3 Å². The molecule has 0 aliphatic heterocycles. The zero-order valence-corrected chi connectivity index (χ0v) is 10.7. The standard InChI is InChI=1S/C11H15N5OS/c12-3-1-10-16-8(7-18-10)11(17)15-4-2-9-13-5-6-14-9/h5-7H,1-4,12H2,(H,13,14)(H,15,17). The van der Waals surface area contributed by atoms with Crippen molar-refractivity contribution in [2.75, 3.05) is 13.1 Å². The van der Waals surface area contributed by atoms with Crippen molar-refractivity contribution in [2.24, 2.45) is 5.73 Å². The van der Waals surface area contributed by atoms with Crippen LogP contribution in [0.4, 0.5) is 0 Å². The van der Waals surface area contributed by atoms with Gasteiger partial charge < -0.3 is 16.0 Å². The molecule has 6 nitrogen and oxygen atoms in total. The lowest BCUT2D eigenvalue weighted by Gasteiger charge is -2.01. The molecule has 0 spiro atoms. The highest BCUT2D eigenvalue weighted by Crippen LogP contribution is 2.09. The Balaban J connectivity index is 1.80. The Hall–Kier alpha value is -1.73. The van der Waals surface area contributed by atoms with Gasteiger partial charge in [-0.15, -0.1) is 11.3 Å². The third kappa shape index (κ3) is 3.38. The molecule has 1 amide bonds. The van der Waals surface area contributed by atoms with Gasteiger partial charge in [-0.2, -0.15) is 0 Å². The number of nitrogens with one attached hydrogen (secondary N) is 2. The fourth-order valence-electron chi connectivity index (χ4n) is 1.47. The minimum Gasteiger partial charge on any atom is -0.350 e. The maximum atomic E-state index is 11.8. The molecule has 0 saturated carbocycles. The molecular formula is C11H15N5OS. The predicted octanol–water partition coefficient (Wildman–Crippen LogP) is 0.340. The van der Waals surface area contributed by atoms with Gasteiger partial charge in [-0.3, -0.25) is 4.79 Å². The van der Waals surface area contributed by atoms with E-state index >= 15 is 0 Å². The van der Waals surface area contributed by atoms with Gasteiger partial charge in [-0.25, -0.2) is 9.97 Å². The summed E-state index contributed by atoms with van der Waals surface area (Å²) in [6.07, 6.45) is 4.84. The topological polar surface area (TPSA) is 96.7 Å². The zero-order valence-electron chi connectivity index (χ0n) is 9.85. The average molecular weight is 265 g/mol. The molecule has 0 fully saturated rings. The number of hydrogen-bond donors (Lipinski definition) is 3. The van der Waals surface area contributed by atoms with E-state index in [-0.39, 0.29) is 5.91 Å². The molecule has 18 heavy (non-hydrogen) atoms. The normalized spacial score (nSPS) is 10.5. The van der Waals surface area contributed by atoms with Crippen molar-refractivity contribution >= 4 is 17.2 Å². The SMILES string of the molecule is NCCc1nc(C(=O)NCCc2ncc[nH]2)cs1. The Labute approximate surface area is 109 Å². The van der Waals surface area contributed by atoms with E-state index in [1.54, 1.807) is 17.8 Å². The quantitative estimate of drug-likeness (QED) is 0.701. The summed E-state index contributed by atoms with van der Waals surface area (Å²) in [5, 5.41) is 5.46. The minimum absolute atomic E-state index is 0.152. The number of thiazole rings is 1. The Morgan fingerprint density at radius 3 is 3.11 bits per heavy atom. The maximum Gasteiger partial charge on any atom is 0.270 e. The summed E-state index contributed by atoms with van der Waals surface area (Å²) < 4.78 is 0. The van der Waals surface area contributed by atoms with Crippen LogP contribution in [0, 0.1) is 0 Å². The van der Waals surface area contributed by atoms with Gasteiger partial charge in [0.1, 0.15) is 11.5 Å². The van der Waals surface area contributed by atoms with Gasteiger partial charge in [0.2, 0.25) is 0 Å². The van der Waals surface area contributed by atoms with E-state index in [0.29, 0.717) is 31.6 Å². The van der Waals surface area contributed by atoms with Crippen LogP contribution < -0.4 is 11.1 Å². The van der Waals surface area contributed by atoms with Gasteiger partial charge in [-0.05, 0) is 6.54 Å². The second-order valence-corrected chi connectivity index (χ2v) is 4.65. The van der Waals surface area contributed by atoms with Gasteiger partial charge in [0.25, 0.3) is 5.91 Å². The van der Waals surface area contributed by atoms with E-state index in [9.17, 15) is 4.79 Å². The van der Waals surface area contributed by atoms with Crippen molar-refractivity contribution in [1.29, 1.82) is 0 Å². The molecule has 7 heteroatoms. The summed E-state index contributed by atoms with van der Waals surface area (Å²) in [5.41, 5.74) is 5.90. The molecule has 0 radical (unpaired) electrons. The van der Waals surface area contributed by atoms with Gasteiger partial charge in [0.15, 0.2) is 0 Å². The number of aromatic amines is 1. The Morgan fingerprint density at radius 1 is 1.50 bits per heavy atom. The second-order valence-electron chi connectivity index (χ2n) is 3.71. The van der Waals surface area contributed by atoms with Crippen molar-refractivity contribution in [3.05, 3.63) is 34.3 Å². The maximum absolute atomic E-state index is 11.8. The first-order valence-corrected chi connectivity index (χ1v) is 6.58. The smallest absolute Gasteiger partial charge is 0.270 e. The highest BCUT2D eigenvalue weighted by molar-refractivity contribution is 7.09. The lowest BCUT2D eigenvalue weighted by atomic mass is 10.3. The summed E-state index contributed by atoms with van der Waals surface area (Å²) in [4.78, 5) is 23.0. The van der Waals surface area contributed by atoms with E-state index in [4.69, 9.17) is 5.73 Å². The summed E-state index contributed by atoms with van der Waals surface area (Å²) >= 11 is 1.46. The monoisotopic (exact) mass is 265 g/mol. The first kappa shape index (κ1) is 12.7. The van der Waals surface area contributed by atoms with Crippen LogP contribution in [0.25, 0.3) is 0 Å². The van der Waals surface area contributed by atoms with Crippen molar-refractivity contribution in [1.82, 2.24) is 20.3 Å². The van der Waals surface area contributed by atoms with Crippen LogP contribution in [0.1, 0.15) is 21.3 Å². The first-order valence-electron chi connectivity index (χ1n) is 5.70. The molecule has 0 unspecified atom stereocenters. The number of aromatic nitrogens is 3. The number of carbonyl (C=O) groups excluding carboxylic acids is 1. The molecule has 0 bridgehead atoms. The molecule has 0 atom stereocenters. The van der Waals surface area contributed by atoms with Crippen molar-refractivity contribution < 1.29 is 4.79 Å². The Morgan fingerprint density at radius 2 is 2.39 bits per heavy atom. The van der Waals surface area contributed by atoms with Crippen LogP contribution in [0.5, 0.6) is 0 Å². The van der Waals surface area contributed by atoms with Crippen LogP contribution in [-0.4, -0.2) is 33.9 Å². The predicted molar refractivity (Wildman–Crippen MR) is 69.5 cm³/mol. The molecule has 4 N–H and O–H groups in total. The molecule has 2 aromatic rings. The van der Waals surface area contributed by atoms with Crippen molar-refractivity contribution in [2.45, 2.75) is 12.8 Å². The molecule has 0 saturated heterocycles. The van der Waals surface area contributed by atoms with Gasteiger partial charge in [-0.1, -0.05) is 0 Å². The third-order valence-electron chi connectivity index (χ3n) is 2.34. The van der Waals surface area contributed by atoms with Crippen LogP contribution in [0.15, 0.2) is 17.8 Å². The van der Waals surface area contributed by atoms with Crippen molar-refractivity contribution in [3.63, 3.8) is 0 Å². The summed E-state index contributed by atoms with van der Waals surface area (Å²) in [6.45, 7) is 1.09. The number of rotatable bonds is 6. The molecular weight excluding hydrogens is 250 g/mol. The van der Waals surface area contributed by atoms with E-state index in [1.807, 2.05) is 0 Å². The molecule has 96 valence electrons. The number of H-pyrrole nitrogens is 1. The molecule has 0 aromatic carbocycles. The highest BCUT2D eigenvalue weighted by Gasteiger charge is 2.09. The number of amides is 1. The largest absolute Gasteiger partial charge is 0.350 e. The van der Waals surface area contributed by atoms with Crippen LogP contribution in [0.3, 0.4) is 0 Å². The molecule has 0 aliphatic carbocycles. The van der Waals surface area contributed by atoms with Crippen LogP contribution in [-0.2, 0) is 12.8 Å². The average Bonchev–Trinajstić information content (AvgIpc) is 3.00. The fourth-order valence-corrected chi connectivity index (χ4v) is 2.27. The van der Waals surface area contributed by atoms with E-state index in [2.05, 4.69) is 20.3 Å². The van der Waals surface area contributed by atoms with Gasteiger partial charge >= 0.3 is 0 Å². The summed E-state index contributed by atoms with van der Waals surface area (Å²) in [5.74, 6) is 0.707. The molecule has 2 aromatic heterocycles. The fraction of sp³-hybridized carbons (Fsp3) is 0.364. The van der Waals surface area contributed by atoms with E-state index < -0.39 is 0 Å². The van der Waals surface area contributed by atoms with Gasteiger partial charge in [0.05, 0.1) is 5.01 Å². The van der Waals surface area contributed by atoms with Gasteiger partial charge in [0, 0.05) is 37.2 Å². The van der Waals surface area contributed by atoms with Crippen LogP contribution in [0.2, 0.25) is 0 Å². The zero-order chi connectivity index (χ0) is 12.8. The number of carbonyl (C=O) groups is 1. The summed E-state index contributed by atoms with van der Waals surface area (Å²) in [7, 11) is 0. The minimum atomic E-state index is -0.152. The highest BCUT2D eigenvalue weighted by atomic mass is 32.1. The Kier molecular flexibility index (Phi) is 4.43. The van der Waals surface area contributed by atoms with Crippen molar-refractivity contribution in [3.8, 4) is 0 Å². The van der Waals surface area contributed by atoms with E-state index in [0.717, 1.165) is 10.8 Å². The lowest BCUT2D eigenvalue weighted by Crippen LogP contribution is -2.26.